The molecule has 0 bridgehead atoms. The van der Waals surface area contributed by atoms with Crippen LogP contribution in [-0.4, -0.2) is 15.0 Å². The molecular formula is C14H6Cl2N4O3. The number of nitrogens with one attached hydrogen (secondary N) is 3. The third-order valence-electron chi connectivity index (χ3n) is 3.23. The number of fused-ring (bicyclic) bond motifs is 1. The number of H-pyrrole nitrogens is 3. The fourth-order valence-electron chi connectivity index (χ4n) is 2.28. The van der Waals surface area contributed by atoms with Crippen LogP contribution in [0.3, 0.4) is 0 Å². The molecule has 2 aromatic heterocycles. The number of hydrogen-bond donors (Lipinski definition) is 3. The number of halogens is 2. The zero-order valence-electron chi connectivity index (χ0n) is 11.2. The zero-order chi connectivity index (χ0) is 16.7. The number of aromatic nitrogens is 3. The highest BCUT2D eigenvalue weighted by molar-refractivity contribution is 6.42. The van der Waals surface area contributed by atoms with E-state index in [1.54, 1.807) is 6.07 Å². The Bertz CT molecular complexity index is 1170. The van der Waals surface area contributed by atoms with Crippen LogP contribution in [0.15, 0.2) is 32.6 Å². The summed E-state index contributed by atoms with van der Waals surface area (Å²) in [6, 6.07) is 6.20. The molecule has 0 amide bonds. The lowest BCUT2D eigenvalue weighted by Crippen LogP contribution is -2.26. The SMILES string of the molecule is N#Cc1c(-c2ccc(Cl)c(Cl)c2)c2c(=O)[nH]c(=O)[nH]c2[nH]c1=O. The van der Waals surface area contributed by atoms with Crippen LogP contribution in [0.4, 0.5) is 0 Å². The van der Waals surface area contributed by atoms with Crippen LogP contribution >= 0.6 is 23.2 Å². The molecule has 3 rings (SSSR count). The standard InChI is InChI=1S/C14H6Cl2N4O3/c15-7-2-1-5(3-8(7)16)9-6(4-17)12(21)18-11-10(9)13(22)20-14(23)19-11/h1-3H,(H3,18,19,20,21,22,23). The van der Waals surface area contributed by atoms with Crippen LogP contribution in [0.2, 0.25) is 10.0 Å². The molecule has 0 aliphatic heterocycles. The minimum absolute atomic E-state index is 0.0286. The van der Waals surface area contributed by atoms with Crippen LogP contribution in [0.5, 0.6) is 0 Å². The third-order valence-corrected chi connectivity index (χ3v) is 3.97. The second-order valence-electron chi connectivity index (χ2n) is 4.60. The molecule has 0 saturated heterocycles. The summed E-state index contributed by atoms with van der Waals surface area (Å²) in [7, 11) is 0. The summed E-state index contributed by atoms with van der Waals surface area (Å²) in [4.78, 5) is 42.3. The van der Waals surface area contributed by atoms with Crippen molar-refractivity contribution < 1.29 is 0 Å². The minimum Gasteiger partial charge on any atom is -0.307 e. The monoisotopic (exact) mass is 348 g/mol. The molecule has 3 N–H and O–H groups in total. The molecule has 0 radical (unpaired) electrons. The molecule has 7 nitrogen and oxygen atoms in total. The molecule has 0 unspecified atom stereocenters. The third kappa shape index (κ3) is 2.44. The molecule has 0 spiro atoms. The number of aromatic amines is 3. The summed E-state index contributed by atoms with van der Waals surface area (Å²) in [6.45, 7) is 0. The van der Waals surface area contributed by atoms with Crippen molar-refractivity contribution in [3.05, 3.63) is 65.0 Å². The Balaban J connectivity index is 2.59. The highest BCUT2D eigenvalue weighted by atomic mass is 35.5. The molecule has 2 heterocycles. The number of nitriles is 1. The fourth-order valence-corrected chi connectivity index (χ4v) is 2.58. The molecule has 0 atom stereocenters. The average molecular weight is 349 g/mol. The summed E-state index contributed by atoms with van der Waals surface area (Å²) in [5, 5.41) is 9.73. The lowest BCUT2D eigenvalue weighted by Gasteiger charge is -2.08. The average Bonchev–Trinajstić information content (AvgIpc) is 2.48. The van der Waals surface area contributed by atoms with Gasteiger partial charge in [0, 0.05) is 5.56 Å². The highest BCUT2D eigenvalue weighted by Gasteiger charge is 2.18. The minimum atomic E-state index is -0.775. The maximum Gasteiger partial charge on any atom is 0.327 e. The van der Waals surface area contributed by atoms with Crippen LogP contribution in [0.1, 0.15) is 5.56 Å². The fraction of sp³-hybridized carbons (Fsp3) is 0. The molecule has 23 heavy (non-hydrogen) atoms. The number of nitrogens with zero attached hydrogens (tertiary/aromatic N) is 1. The normalized spacial score (nSPS) is 10.7. The largest absolute Gasteiger partial charge is 0.327 e. The van der Waals surface area contributed by atoms with Gasteiger partial charge in [0.15, 0.2) is 0 Å². The van der Waals surface area contributed by atoms with E-state index in [1.807, 2.05) is 0 Å². The van der Waals surface area contributed by atoms with Gasteiger partial charge in [-0.2, -0.15) is 5.26 Å². The van der Waals surface area contributed by atoms with Gasteiger partial charge in [0.05, 0.1) is 15.4 Å². The first-order valence-electron chi connectivity index (χ1n) is 6.20. The van der Waals surface area contributed by atoms with E-state index < -0.39 is 16.8 Å². The van der Waals surface area contributed by atoms with Crippen LogP contribution in [0, 0.1) is 11.3 Å². The molecule has 0 aliphatic carbocycles. The van der Waals surface area contributed by atoms with E-state index in [9.17, 15) is 19.6 Å². The second-order valence-corrected chi connectivity index (χ2v) is 5.42. The molecule has 9 heteroatoms. The van der Waals surface area contributed by atoms with Gasteiger partial charge >= 0.3 is 5.69 Å². The van der Waals surface area contributed by atoms with Crippen molar-refractivity contribution in [1.29, 1.82) is 5.26 Å². The van der Waals surface area contributed by atoms with E-state index in [0.29, 0.717) is 5.56 Å². The van der Waals surface area contributed by atoms with Crippen molar-refractivity contribution in [2.24, 2.45) is 0 Å². The van der Waals surface area contributed by atoms with Gasteiger partial charge in [0.25, 0.3) is 11.1 Å². The highest BCUT2D eigenvalue weighted by Crippen LogP contribution is 2.31. The van der Waals surface area contributed by atoms with Gasteiger partial charge in [0.2, 0.25) is 0 Å². The van der Waals surface area contributed by atoms with Crippen LogP contribution < -0.4 is 16.8 Å². The Morgan fingerprint density at radius 2 is 1.70 bits per heavy atom. The van der Waals surface area contributed by atoms with Gasteiger partial charge in [0.1, 0.15) is 17.3 Å². The van der Waals surface area contributed by atoms with E-state index in [-0.39, 0.29) is 32.2 Å². The van der Waals surface area contributed by atoms with Crippen molar-refractivity contribution >= 4 is 34.2 Å². The summed E-state index contributed by atoms with van der Waals surface area (Å²) < 4.78 is 0. The first-order valence-corrected chi connectivity index (χ1v) is 6.96. The van der Waals surface area contributed by atoms with Crippen molar-refractivity contribution in [2.75, 3.05) is 0 Å². The van der Waals surface area contributed by atoms with Crippen molar-refractivity contribution in [3.63, 3.8) is 0 Å². The van der Waals surface area contributed by atoms with Gasteiger partial charge < -0.3 is 4.98 Å². The smallest absolute Gasteiger partial charge is 0.307 e. The summed E-state index contributed by atoms with van der Waals surface area (Å²) in [5.74, 6) is 0. The summed E-state index contributed by atoms with van der Waals surface area (Å²) >= 11 is 11.8. The Morgan fingerprint density at radius 1 is 0.957 bits per heavy atom. The molecule has 1 aromatic carbocycles. The lowest BCUT2D eigenvalue weighted by molar-refractivity contribution is 1.05. The molecule has 114 valence electrons. The van der Waals surface area contributed by atoms with Gasteiger partial charge in [-0.05, 0) is 17.7 Å². The van der Waals surface area contributed by atoms with E-state index >= 15 is 0 Å². The number of benzene rings is 1. The van der Waals surface area contributed by atoms with Gasteiger partial charge in [-0.3, -0.25) is 19.6 Å². The van der Waals surface area contributed by atoms with Crippen molar-refractivity contribution in [3.8, 4) is 17.2 Å². The zero-order valence-corrected chi connectivity index (χ0v) is 12.7. The maximum absolute atomic E-state index is 12.2. The van der Waals surface area contributed by atoms with Crippen LogP contribution in [0.25, 0.3) is 22.2 Å². The lowest BCUT2D eigenvalue weighted by atomic mass is 9.99. The quantitative estimate of drug-likeness (QED) is 0.619. The molecule has 0 fully saturated rings. The molecule has 0 aliphatic rings. The van der Waals surface area contributed by atoms with Gasteiger partial charge in [-0.15, -0.1) is 0 Å². The van der Waals surface area contributed by atoms with Gasteiger partial charge in [-0.25, -0.2) is 4.79 Å². The Hall–Kier alpha value is -2.82. The Kier molecular flexibility index (Phi) is 3.56. The molecule has 3 aromatic rings. The Morgan fingerprint density at radius 3 is 2.35 bits per heavy atom. The van der Waals surface area contributed by atoms with Crippen molar-refractivity contribution in [1.82, 2.24) is 15.0 Å². The first-order chi connectivity index (χ1) is 10.9. The van der Waals surface area contributed by atoms with E-state index in [1.165, 1.54) is 18.2 Å². The number of hydrogen-bond acceptors (Lipinski definition) is 4. The van der Waals surface area contributed by atoms with Gasteiger partial charge in [-0.1, -0.05) is 29.3 Å². The van der Waals surface area contributed by atoms with Crippen LogP contribution in [-0.2, 0) is 0 Å². The van der Waals surface area contributed by atoms with E-state index in [0.717, 1.165) is 0 Å². The van der Waals surface area contributed by atoms with E-state index in [4.69, 9.17) is 23.2 Å². The maximum atomic E-state index is 12.2. The molecule has 0 saturated carbocycles. The second kappa shape index (κ2) is 5.43. The summed E-state index contributed by atoms with van der Waals surface area (Å²) in [5.41, 5.74) is -2.17. The number of pyridine rings is 1. The summed E-state index contributed by atoms with van der Waals surface area (Å²) in [6.07, 6.45) is 0. The Labute approximate surface area is 137 Å². The van der Waals surface area contributed by atoms with Crippen molar-refractivity contribution in [2.45, 2.75) is 0 Å². The molecular weight excluding hydrogens is 343 g/mol. The predicted molar refractivity (Wildman–Crippen MR) is 86.0 cm³/mol. The van der Waals surface area contributed by atoms with E-state index in [2.05, 4.69) is 15.0 Å². The topological polar surface area (TPSA) is 122 Å². The first kappa shape index (κ1) is 15.1. The predicted octanol–water partition coefficient (Wildman–Crippen LogP) is 1.75. The number of rotatable bonds is 1.